The smallest absolute Gasteiger partial charge is 0.317 e. The summed E-state index contributed by atoms with van der Waals surface area (Å²) in [5.74, 6) is 0.106. The van der Waals surface area contributed by atoms with Crippen LogP contribution in [0.25, 0.3) is 0 Å². The predicted molar refractivity (Wildman–Crippen MR) is 86.2 cm³/mol. The minimum atomic E-state index is -0.834. The van der Waals surface area contributed by atoms with Crippen LogP contribution in [0.4, 0.5) is 0 Å². The Kier molecular flexibility index (Phi) is 4.57. The number of hydrogen-bond acceptors (Lipinski definition) is 4. The number of carbonyl (C=O) groups is 1. The van der Waals surface area contributed by atoms with Crippen LogP contribution in [0, 0.1) is 0 Å². The number of aromatic nitrogens is 1. The van der Waals surface area contributed by atoms with E-state index in [9.17, 15) is 4.79 Å². The summed E-state index contributed by atoms with van der Waals surface area (Å²) in [6.07, 6.45) is 2.84. The molecule has 3 rings (SSSR count). The fourth-order valence-electron chi connectivity index (χ4n) is 2.91. The first-order valence-electron chi connectivity index (χ1n) is 7.72. The van der Waals surface area contributed by atoms with Gasteiger partial charge in [0.25, 0.3) is 0 Å². The highest BCUT2D eigenvalue weighted by Gasteiger charge is 2.20. The highest BCUT2D eigenvalue weighted by Crippen LogP contribution is 2.29. The van der Waals surface area contributed by atoms with Gasteiger partial charge in [-0.05, 0) is 36.2 Å². The summed E-state index contributed by atoms with van der Waals surface area (Å²) in [6.45, 7) is 3.12. The molecule has 2 aromatic rings. The molecule has 0 saturated heterocycles. The molecule has 120 valence electrons. The number of nitrogens with zero attached hydrogens (tertiary/aromatic N) is 2. The first-order chi connectivity index (χ1) is 11.1. The third-order valence-electron chi connectivity index (χ3n) is 3.84. The molecule has 2 heterocycles. The highest BCUT2D eigenvalue weighted by atomic mass is 16.5. The van der Waals surface area contributed by atoms with Crippen LogP contribution in [0.3, 0.4) is 0 Å². The third kappa shape index (κ3) is 4.07. The van der Waals surface area contributed by atoms with Gasteiger partial charge in [-0.3, -0.25) is 14.7 Å². The first kappa shape index (κ1) is 15.5. The molecule has 1 unspecified atom stereocenters. The molecule has 1 atom stereocenters. The number of aliphatic carboxylic acids is 1. The van der Waals surface area contributed by atoms with Crippen LogP contribution in [-0.2, 0) is 24.3 Å². The van der Waals surface area contributed by atoms with Crippen molar-refractivity contribution in [3.8, 4) is 5.75 Å². The number of rotatable bonds is 6. The van der Waals surface area contributed by atoms with Crippen LogP contribution in [0.15, 0.2) is 42.6 Å². The largest absolute Gasteiger partial charge is 0.490 e. The molecule has 0 fully saturated rings. The summed E-state index contributed by atoms with van der Waals surface area (Å²) in [5, 5.41) is 9.15. The molecule has 1 aromatic carbocycles. The van der Waals surface area contributed by atoms with E-state index in [0.29, 0.717) is 13.1 Å². The maximum Gasteiger partial charge on any atom is 0.317 e. The Labute approximate surface area is 135 Å². The fraction of sp³-hybridized carbons (Fsp3) is 0.333. The fourth-order valence-corrected chi connectivity index (χ4v) is 2.91. The Morgan fingerprint density at radius 2 is 2.22 bits per heavy atom. The highest BCUT2D eigenvalue weighted by molar-refractivity contribution is 5.69. The maximum absolute atomic E-state index is 11.1. The quantitative estimate of drug-likeness (QED) is 0.888. The van der Waals surface area contributed by atoms with Gasteiger partial charge in [-0.15, -0.1) is 0 Å². The van der Waals surface area contributed by atoms with Crippen molar-refractivity contribution < 1.29 is 14.6 Å². The molecule has 1 aromatic heterocycles. The molecule has 0 radical (unpaired) electrons. The van der Waals surface area contributed by atoms with Crippen molar-refractivity contribution in [2.24, 2.45) is 0 Å². The molecule has 0 aliphatic carbocycles. The van der Waals surface area contributed by atoms with Gasteiger partial charge in [0.05, 0.1) is 12.2 Å². The van der Waals surface area contributed by atoms with E-state index in [4.69, 9.17) is 9.84 Å². The van der Waals surface area contributed by atoms with E-state index in [2.05, 4.69) is 18.0 Å². The number of hydrogen-bond donors (Lipinski definition) is 1. The molecule has 1 aliphatic heterocycles. The maximum atomic E-state index is 11.1. The number of benzene rings is 1. The topological polar surface area (TPSA) is 62.7 Å². The van der Waals surface area contributed by atoms with Gasteiger partial charge in [0.1, 0.15) is 11.9 Å². The summed E-state index contributed by atoms with van der Waals surface area (Å²) in [6, 6.07) is 11.8. The van der Waals surface area contributed by atoms with Gasteiger partial charge in [-0.1, -0.05) is 18.2 Å². The zero-order valence-corrected chi connectivity index (χ0v) is 13.1. The predicted octanol–water partition coefficient (Wildman–Crippen LogP) is 2.49. The Morgan fingerprint density at radius 1 is 1.35 bits per heavy atom. The van der Waals surface area contributed by atoms with E-state index in [1.54, 1.807) is 6.20 Å². The molecule has 0 saturated carbocycles. The number of fused-ring (bicyclic) bond motifs is 1. The molecule has 1 N–H and O–H groups in total. The number of pyridine rings is 1. The van der Waals surface area contributed by atoms with Gasteiger partial charge in [-0.25, -0.2) is 0 Å². The first-order valence-corrected chi connectivity index (χ1v) is 7.72. The SMILES string of the molecule is CC1Cc2cc(CN(CC(=O)O)Cc3ccccn3)ccc2O1. The third-order valence-corrected chi connectivity index (χ3v) is 3.84. The van der Waals surface area contributed by atoms with Crippen LogP contribution in [0.5, 0.6) is 5.75 Å². The molecule has 0 spiro atoms. The van der Waals surface area contributed by atoms with Crippen molar-refractivity contribution in [1.82, 2.24) is 9.88 Å². The second kappa shape index (κ2) is 6.79. The lowest BCUT2D eigenvalue weighted by Gasteiger charge is -2.20. The van der Waals surface area contributed by atoms with Crippen molar-refractivity contribution in [3.63, 3.8) is 0 Å². The molecule has 0 bridgehead atoms. The van der Waals surface area contributed by atoms with Gasteiger partial charge < -0.3 is 9.84 Å². The molecule has 23 heavy (non-hydrogen) atoms. The minimum absolute atomic E-state index is 0.0133. The average Bonchev–Trinajstić information content (AvgIpc) is 2.87. The van der Waals surface area contributed by atoms with Gasteiger partial charge in [0.15, 0.2) is 0 Å². The number of ether oxygens (including phenoxy) is 1. The Balaban J connectivity index is 1.73. The molecular formula is C18H20N2O3. The lowest BCUT2D eigenvalue weighted by atomic mass is 10.1. The summed E-state index contributed by atoms with van der Waals surface area (Å²) >= 11 is 0. The van der Waals surface area contributed by atoms with E-state index < -0.39 is 5.97 Å². The van der Waals surface area contributed by atoms with Crippen molar-refractivity contribution in [2.75, 3.05) is 6.54 Å². The van der Waals surface area contributed by atoms with E-state index in [1.807, 2.05) is 35.2 Å². The zero-order valence-electron chi connectivity index (χ0n) is 13.1. The lowest BCUT2D eigenvalue weighted by molar-refractivity contribution is -0.138. The summed E-state index contributed by atoms with van der Waals surface area (Å²) in [7, 11) is 0. The average molecular weight is 312 g/mol. The number of carboxylic acids is 1. The second-order valence-corrected chi connectivity index (χ2v) is 5.93. The molecular weight excluding hydrogens is 292 g/mol. The Morgan fingerprint density at radius 3 is 2.96 bits per heavy atom. The van der Waals surface area contributed by atoms with E-state index in [1.165, 1.54) is 5.56 Å². The summed E-state index contributed by atoms with van der Waals surface area (Å²) < 4.78 is 5.71. The molecule has 5 nitrogen and oxygen atoms in total. The molecule has 5 heteroatoms. The Hall–Kier alpha value is -2.40. The number of carboxylic acid groups (broad SMARTS) is 1. The van der Waals surface area contributed by atoms with Crippen molar-refractivity contribution >= 4 is 5.97 Å². The molecule has 1 aliphatic rings. The summed E-state index contributed by atoms with van der Waals surface area (Å²) in [5.41, 5.74) is 3.16. The summed E-state index contributed by atoms with van der Waals surface area (Å²) in [4.78, 5) is 17.3. The lowest BCUT2D eigenvalue weighted by Crippen LogP contribution is -2.29. The van der Waals surface area contributed by atoms with Crippen molar-refractivity contribution in [2.45, 2.75) is 32.5 Å². The normalized spacial score (nSPS) is 16.2. The van der Waals surface area contributed by atoms with Crippen LogP contribution in [0.1, 0.15) is 23.7 Å². The van der Waals surface area contributed by atoms with Crippen molar-refractivity contribution in [1.29, 1.82) is 0 Å². The second-order valence-electron chi connectivity index (χ2n) is 5.93. The van der Waals surface area contributed by atoms with Gasteiger partial charge in [-0.2, -0.15) is 0 Å². The minimum Gasteiger partial charge on any atom is -0.490 e. The molecule has 0 amide bonds. The van der Waals surface area contributed by atoms with Gasteiger partial charge >= 0.3 is 5.97 Å². The van der Waals surface area contributed by atoms with Crippen LogP contribution >= 0.6 is 0 Å². The van der Waals surface area contributed by atoms with Gasteiger partial charge in [0, 0.05) is 25.7 Å². The van der Waals surface area contributed by atoms with Crippen LogP contribution in [0.2, 0.25) is 0 Å². The Bertz CT molecular complexity index is 688. The van der Waals surface area contributed by atoms with Crippen LogP contribution < -0.4 is 4.74 Å². The monoisotopic (exact) mass is 312 g/mol. The van der Waals surface area contributed by atoms with Gasteiger partial charge in [0.2, 0.25) is 0 Å². The zero-order chi connectivity index (χ0) is 16.2. The van der Waals surface area contributed by atoms with Crippen LogP contribution in [-0.4, -0.2) is 33.6 Å². The van der Waals surface area contributed by atoms with E-state index >= 15 is 0 Å². The van der Waals surface area contributed by atoms with Crippen molar-refractivity contribution in [3.05, 3.63) is 59.4 Å². The van der Waals surface area contributed by atoms with E-state index in [0.717, 1.165) is 23.4 Å². The van der Waals surface area contributed by atoms with E-state index in [-0.39, 0.29) is 12.6 Å². The standard InChI is InChI=1S/C18H20N2O3/c1-13-8-15-9-14(5-6-17(15)23-13)10-20(12-18(21)22)11-16-4-2-3-7-19-16/h2-7,9,13H,8,10-12H2,1H3,(H,21,22).